The van der Waals surface area contributed by atoms with Gasteiger partial charge < -0.3 is 10.2 Å². The van der Waals surface area contributed by atoms with Crippen LogP contribution in [0.2, 0.25) is 0 Å². The van der Waals surface area contributed by atoms with Crippen LogP contribution in [-0.4, -0.2) is 22.2 Å². The second-order valence-corrected chi connectivity index (χ2v) is 7.77. The van der Waals surface area contributed by atoms with Gasteiger partial charge in [-0.15, -0.1) is 0 Å². The zero-order valence-corrected chi connectivity index (χ0v) is 17.8. The van der Waals surface area contributed by atoms with E-state index in [4.69, 9.17) is 0 Å². The number of rotatable bonds is 16. The summed E-state index contributed by atoms with van der Waals surface area (Å²) in [5.74, 6) is -2.30. The lowest BCUT2D eigenvalue weighted by Gasteiger charge is -2.15. The Morgan fingerprint density at radius 2 is 1.21 bits per heavy atom. The molecular weight excluding hydrogens is 352 g/mol. The van der Waals surface area contributed by atoms with Gasteiger partial charge in [0.05, 0.1) is 11.1 Å². The number of hydrogen-bond acceptors (Lipinski definition) is 2. The van der Waals surface area contributed by atoms with Crippen LogP contribution < -0.4 is 0 Å². The molecule has 0 amide bonds. The lowest BCUT2D eigenvalue weighted by Crippen LogP contribution is -2.14. The average molecular weight is 391 g/mol. The lowest BCUT2D eigenvalue weighted by atomic mass is 9.90. The number of aromatic carboxylic acids is 2. The van der Waals surface area contributed by atoms with Crippen molar-refractivity contribution in [1.29, 1.82) is 0 Å². The fourth-order valence-corrected chi connectivity index (χ4v) is 3.87. The highest BCUT2D eigenvalue weighted by atomic mass is 16.4. The Kier molecular flexibility index (Phi) is 12.3. The third-order valence-electron chi connectivity index (χ3n) is 5.40. The van der Waals surface area contributed by atoms with Crippen LogP contribution in [0.5, 0.6) is 0 Å². The largest absolute Gasteiger partial charge is 0.478 e. The maximum absolute atomic E-state index is 11.7. The summed E-state index contributed by atoms with van der Waals surface area (Å²) in [7, 11) is 0. The van der Waals surface area contributed by atoms with E-state index in [1.807, 2.05) is 0 Å². The van der Waals surface area contributed by atoms with Crippen molar-refractivity contribution in [2.75, 3.05) is 0 Å². The number of carboxylic acid groups (broad SMARTS) is 2. The van der Waals surface area contributed by atoms with Gasteiger partial charge in [-0.25, -0.2) is 9.59 Å². The molecule has 158 valence electrons. The van der Waals surface area contributed by atoms with Crippen molar-refractivity contribution in [3.05, 3.63) is 34.4 Å². The maximum Gasteiger partial charge on any atom is 0.336 e. The van der Waals surface area contributed by atoms with Gasteiger partial charge in [0.2, 0.25) is 0 Å². The molecule has 1 aromatic carbocycles. The smallest absolute Gasteiger partial charge is 0.336 e. The molecule has 0 unspecified atom stereocenters. The zero-order valence-electron chi connectivity index (χ0n) is 17.8. The number of hydrogen-bond donors (Lipinski definition) is 2. The van der Waals surface area contributed by atoms with Crippen LogP contribution in [0.25, 0.3) is 0 Å². The molecule has 0 heterocycles. The van der Waals surface area contributed by atoms with Gasteiger partial charge in [-0.2, -0.15) is 0 Å². The van der Waals surface area contributed by atoms with E-state index in [1.165, 1.54) is 63.9 Å². The Morgan fingerprint density at radius 3 is 1.68 bits per heavy atom. The highest BCUT2D eigenvalue weighted by Gasteiger charge is 2.22. The fraction of sp³-hybridized carbons (Fsp3) is 0.667. The summed E-state index contributed by atoms with van der Waals surface area (Å²) in [5.41, 5.74) is 1.61. The van der Waals surface area contributed by atoms with Crippen molar-refractivity contribution in [1.82, 2.24) is 0 Å². The molecule has 0 saturated heterocycles. The molecule has 0 bridgehead atoms. The van der Waals surface area contributed by atoms with Gasteiger partial charge in [0.1, 0.15) is 0 Å². The van der Waals surface area contributed by atoms with Crippen molar-refractivity contribution < 1.29 is 19.8 Å². The highest BCUT2D eigenvalue weighted by Crippen LogP contribution is 2.24. The summed E-state index contributed by atoms with van der Waals surface area (Å²) in [6.07, 6.45) is 16.0. The van der Waals surface area contributed by atoms with E-state index in [0.717, 1.165) is 36.8 Å². The second kappa shape index (κ2) is 14.2. The molecule has 28 heavy (non-hydrogen) atoms. The quantitative estimate of drug-likeness (QED) is 0.301. The van der Waals surface area contributed by atoms with Gasteiger partial charge in [-0.3, -0.25) is 0 Å². The van der Waals surface area contributed by atoms with E-state index in [0.29, 0.717) is 6.42 Å². The first-order valence-corrected chi connectivity index (χ1v) is 11.1. The molecule has 0 aliphatic carbocycles. The Hall–Kier alpha value is -1.84. The SMILES string of the molecule is CCCCCCCCCCCCCc1c(CCC)ccc(C(=O)O)c1C(=O)O. The molecule has 0 aliphatic heterocycles. The first kappa shape index (κ1) is 24.2. The van der Waals surface area contributed by atoms with Crippen LogP contribution in [0.1, 0.15) is 123 Å². The Morgan fingerprint density at radius 1 is 0.679 bits per heavy atom. The molecular formula is C24H38O4. The number of benzene rings is 1. The van der Waals surface area contributed by atoms with Crippen molar-refractivity contribution in [3.8, 4) is 0 Å². The minimum atomic E-state index is -1.17. The topological polar surface area (TPSA) is 74.6 Å². The molecule has 0 saturated carbocycles. The summed E-state index contributed by atoms with van der Waals surface area (Å²) in [6.45, 7) is 4.29. The maximum atomic E-state index is 11.7. The third kappa shape index (κ3) is 8.45. The standard InChI is InChI=1S/C24H38O4/c1-3-5-6-7-8-9-10-11-12-13-14-16-20-19(15-4-2)17-18-21(23(25)26)22(20)24(27)28/h17-18H,3-16H2,1-2H3,(H,25,26)(H,27,28). The number of aryl methyl sites for hydroxylation is 1. The van der Waals surface area contributed by atoms with Crippen molar-refractivity contribution in [2.45, 2.75) is 104 Å². The predicted octanol–water partition coefficient (Wildman–Crippen LogP) is 6.89. The first-order chi connectivity index (χ1) is 13.5. The molecule has 0 aromatic heterocycles. The number of carboxylic acids is 2. The molecule has 0 fully saturated rings. The Balaban J connectivity index is 2.51. The van der Waals surface area contributed by atoms with E-state index in [2.05, 4.69) is 13.8 Å². The van der Waals surface area contributed by atoms with E-state index >= 15 is 0 Å². The van der Waals surface area contributed by atoms with Gasteiger partial charge in [-0.1, -0.05) is 90.5 Å². The molecule has 0 atom stereocenters. The molecule has 1 rings (SSSR count). The minimum Gasteiger partial charge on any atom is -0.478 e. The summed E-state index contributed by atoms with van der Waals surface area (Å²) in [5, 5.41) is 19.0. The molecule has 0 radical (unpaired) electrons. The monoisotopic (exact) mass is 390 g/mol. The summed E-state index contributed by atoms with van der Waals surface area (Å²) in [4.78, 5) is 23.2. The molecule has 0 spiro atoms. The third-order valence-corrected chi connectivity index (χ3v) is 5.40. The van der Waals surface area contributed by atoms with Gasteiger partial charge in [-0.05, 0) is 36.5 Å². The minimum absolute atomic E-state index is 0.00877. The van der Waals surface area contributed by atoms with Crippen molar-refractivity contribution >= 4 is 11.9 Å². The van der Waals surface area contributed by atoms with Crippen LogP contribution in [-0.2, 0) is 12.8 Å². The van der Waals surface area contributed by atoms with E-state index < -0.39 is 11.9 Å². The number of carbonyl (C=O) groups is 2. The first-order valence-electron chi connectivity index (χ1n) is 11.1. The molecule has 0 aliphatic rings. The number of unbranched alkanes of at least 4 members (excludes halogenated alkanes) is 10. The predicted molar refractivity (Wildman–Crippen MR) is 115 cm³/mol. The molecule has 4 nitrogen and oxygen atoms in total. The van der Waals surface area contributed by atoms with Crippen LogP contribution in [0, 0.1) is 0 Å². The normalized spacial score (nSPS) is 10.9. The Labute approximate surface area is 170 Å². The summed E-state index contributed by atoms with van der Waals surface area (Å²) >= 11 is 0. The molecule has 4 heteroatoms. The van der Waals surface area contributed by atoms with Gasteiger partial charge in [0.15, 0.2) is 0 Å². The van der Waals surface area contributed by atoms with Crippen LogP contribution in [0.3, 0.4) is 0 Å². The van der Waals surface area contributed by atoms with Gasteiger partial charge in [0, 0.05) is 0 Å². The molecule has 2 N–H and O–H groups in total. The van der Waals surface area contributed by atoms with Crippen LogP contribution in [0.4, 0.5) is 0 Å². The van der Waals surface area contributed by atoms with E-state index in [9.17, 15) is 19.8 Å². The fourth-order valence-electron chi connectivity index (χ4n) is 3.87. The molecule has 1 aromatic rings. The van der Waals surface area contributed by atoms with Crippen molar-refractivity contribution in [3.63, 3.8) is 0 Å². The van der Waals surface area contributed by atoms with Crippen LogP contribution >= 0.6 is 0 Å². The Bertz CT molecular complexity index is 607. The second-order valence-electron chi connectivity index (χ2n) is 7.77. The summed E-state index contributed by atoms with van der Waals surface area (Å²) < 4.78 is 0. The lowest BCUT2D eigenvalue weighted by molar-refractivity contribution is 0.0650. The van der Waals surface area contributed by atoms with Crippen molar-refractivity contribution in [2.24, 2.45) is 0 Å². The van der Waals surface area contributed by atoms with E-state index in [-0.39, 0.29) is 11.1 Å². The average Bonchev–Trinajstić information content (AvgIpc) is 2.66. The van der Waals surface area contributed by atoms with Gasteiger partial charge in [0.25, 0.3) is 0 Å². The highest BCUT2D eigenvalue weighted by molar-refractivity contribution is 6.03. The van der Waals surface area contributed by atoms with E-state index in [1.54, 1.807) is 6.07 Å². The zero-order chi connectivity index (χ0) is 20.8. The van der Waals surface area contributed by atoms with Gasteiger partial charge >= 0.3 is 11.9 Å². The van der Waals surface area contributed by atoms with Crippen LogP contribution in [0.15, 0.2) is 12.1 Å². The summed E-state index contributed by atoms with van der Waals surface area (Å²) in [6, 6.07) is 3.24.